The second kappa shape index (κ2) is 7.21. The Kier molecular flexibility index (Phi) is 5.92. The van der Waals surface area contributed by atoms with Crippen molar-refractivity contribution in [3.8, 4) is 0 Å². The van der Waals surface area contributed by atoms with Gasteiger partial charge in [0.25, 0.3) is 0 Å². The van der Waals surface area contributed by atoms with Crippen molar-refractivity contribution in [2.24, 2.45) is 0 Å². The lowest BCUT2D eigenvalue weighted by molar-refractivity contribution is -0.383. The van der Waals surface area contributed by atoms with Crippen LogP contribution in [0.15, 0.2) is 0 Å². The Labute approximate surface area is 130 Å². The van der Waals surface area contributed by atoms with Gasteiger partial charge >= 0.3 is 0 Å². The summed E-state index contributed by atoms with van der Waals surface area (Å²) in [5.74, 6) is -2.22. The first-order chi connectivity index (χ1) is 10.8. The van der Waals surface area contributed by atoms with Crippen LogP contribution in [0.1, 0.15) is 0 Å². The summed E-state index contributed by atoms with van der Waals surface area (Å²) in [6.45, 7) is -2.32. The van der Waals surface area contributed by atoms with Crippen LogP contribution >= 0.6 is 0 Å². The van der Waals surface area contributed by atoms with Gasteiger partial charge in [0.05, 0.1) is 13.2 Å². The molecule has 0 aromatic rings. The Bertz CT molecular complexity index is 393. The van der Waals surface area contributed by atoms with E-state index in [1.54, 1.807) is 0 Å². The van der Waals surface area contributed by atoms with Gasteiger partial charge in [-0.15, -0.1) is 0 Å². The van der Waals surface area contributed by atoms with Gasteiger partial charge in [0.15, 0.2) is 6.29 Å². The summed E-state index contributed by atoms with van der Waals surface area (Å²) in [5, 5.41) is 76.7. The van der Waals surface area contributed by atoms with E-state index < -0.39 is 74.6 Å². The number of aliphatic hydroxyl groups excluding tert-OH is 8. The maximum absolute atomic E-state index is 10.00. The molecule has 0 aromatic carbocycles. The molecule has 23 heavy (non-hydrogen) atoms. The Morgan fingerprint density at radius 1 is 0.783 bits per heavy atom. The van der Waals surface area contributed by atoms with Gasteiger partial charge in [-0.1, -0.05) is 0 Å². The molecule has 11 heteroatoms. The fourth-order valence-corrected chi connectivity index (χ4v) is 2.63. The summed E-state index contributed by atoms with van der Waals surface area (Å²) in [4.78, 5) is 0. The van der Waals surface area contributed by atoms with E-state index in [9.17, 15) is 30.6 Å². The highest BCUT2D eigenvalue weighted by atomic mass is 16.8. The van der Waals surface area contributed by atoms with E-state index in [4.69, 9.17) is 24.4 Å². The van der Waals surface area contributed by atoms with E-state index >= 15 is 0 Å². The van der Waals surface area contributed by atoms with Crippen molar-refractivity contribution in [3.05, 3.63) is 0 Å². The summed E-state index contributed by atoms with van der Waals surface area (Å²) in [6.07, 6.45) is -12.7. The monoisotopic (exact) mass is 342 g/mol. The highest BCUT2D eigenvalue weighted by Gasteiger charge is 2.58. The molecular formula is C12H22O11. The van der Waals surface area contributed by atoms with Crippen molar-refractivity contribution in [2.75, 3.05) is 19.8 Å². The van der Waals surface area contributed by atoms with Crippen LogP contribution in [0, 0.1) is 0 Å². The molecule has 2 saturated heterocycles. The molecule has 136 valence electrons. The third kappa shape index (κ3) is 3.23. The summed E-state index contributed by atoms with van der Waals surface area (Å²) < 4.78 is 15.4. The lowest BCUT2D eigenvalue weighted by Gasteiger charge is -2.43. The predicted molar refractivity (Wildman–Crippen MR) is 68.6 cm³/mol. The Hall–Kier alpha value is -0.440. The maximum Gasteiger partial charge on any atom is 0.224 e. The van der Waals surface area contributed by atoms with Crippen molar-refractivity contribution >= 4 is 0 Å². The highest BCUT2D eigenvalue weighted by Crippen LogP contribution is 2.35. The third-order valence-electron chi connectivity index (χ3n) is 4.07. The van der Waals surface area contributed by atoms with Crippen molar-refractivity contribution in [1.29, 1.82) is 0 Å². The third-order valence-corrected chi connectivity index (χ3v) is 4.07. The van der Waals surface area contributed by atoms with Crippen LogP contribution in [0.25, 0.3) is 0 Å². The summed E-state index contributed by atoms with van der Waals surface area (Å²) >= 11 is 0. The predicted octanol–water partition coefficient (Wildman–Crippen LogP) is -5.40. The first-order valence-corrected chi connectivity index (χ1v) is 7.05. The first-order valence-electron chi connectivity index (χ1n) is 7.05. The average Bonchev–Trinajstić information content (AvgIpc) is 2.80. The zero-order chi connectivity index (χ0) is 17.4. The molecule has 0 saturated carbocycles. The van der Waals surface area contributed by atoms with E-state index in [0.717, 1.165) is 0 Å². The van der Waals surface area contributed by atoms with Crippen molar-refractivity contribution in [2.45, 2.75) is 54.8 Å². The number of rotatable bonds is 5. The molecule has 11 nitrogen and oxygen atoms in total. The van der Waals surface area contributed by atoms with E-state index in [0.29, 0.717) is 0 Å². The van der Waals surface area contributed by atoms with Crippen LogP contribution in [0.5, 0.6) is 0 Å². The lowest BCUT2D eigenvalue weighted by atomic mass is 9.99. The van der Waals surface area contributed by atoms with Gasteiger partial charge in [0.1, 0.15) is 49.3 Å². The standard InChI is InChI=1S/C12H22O11/c13-1-4-6(16)8(18)9(19)11(21-4)23-12(3-15)10(20)7(17)5(2-14)22-12/h4-11,13-20H,1-3H2/t4-,5+,6-,7+,8+,9-,10-,11+,12+/m0/s1. The van der Waals surface area contributed by atoms with E-state index in [2.05, 4.69) is 0 Å². The Morgan fingerprint density at radius 2 is 1.39 bits per heavy atom. The smallest absolute Gasteiger partial charge is 0.224 e. The summed E-state index contributed by atoms with van der Waals surface area (Å²) in [7, 11) is 0. The molecule has 0 spiro atoms. The molecule has 2 rings (SSSR count). The van der Waals surface area contributed by atoms with Crippen molar-refractivity contribution in [1.82, 2.24) is 0 Å². The fourth-order valence-electron chi connectivity index (χ4n) is 2.63. The zero-order valence-electron chi connectivity index (χ0n) is 12.0. The summed E-state index contributed by atoms with van der Waals surface area (Å²) in [6, 6.07) is 0. The molecule has 2 aliphatic rings. The second-order valence-electron chi connectivity index (χ2n) is 5.56. The molecule has 9 atom stereocenters. The van der Waals surface area contributed by atoms with Crippen molar-refractivity contribution < 1.29 is 55.1 Å². The summed E-state index contributed by atoms with van der Waals surface area (Å²) in [5.41, 5.74) is 0. The minimum atomic E-state index is -2.22. The Morgan fingerprint density at radius 3 is 1.87 bits per heavy atom. The average molecular weight is 342 g/mol. The Balaban J connectivity index is 2.18. The van der Waals surface area contributed by atoms with Crippen LogP contribution in [0.4, 0.5) is 0 Å². The largest absolute Gasteiger partial charge is 0.394 e. The second-order valence-corrected chi connectivity index (χ2v) is 5.56. The van der Waals surface area contributed by atoms with Gasteiger partial charge in [0.2, 0.25) is 5.79 Å². The molecule has 2 heterocycles. The zero-order valence-corrected chi connectivity index (χ0v) is 12.0. The van der Waals surface area contributed by atoms with E-state index in [1.165, 1.54) is 0 Å². The number of ether oxygens (including phenoxy) is 3. The molecular weight excluding hydrogens is 320 g/mol. The first kappa shape index (κ1) is 18.9. The molecule has 8 N–H and O–H groups in total. The lowest BCUT2D eigenvalue weighted by Crippen LogP contribution is -2.62. The highest BCUT2D eigenvalue weighted by molar-refractivity contribution is 4.98. The van der Waals surface area contributed by atoms with Gasteiger partial charge in [-0.05, 0) is 0 Å². The van der Waals surface area contributed by atoms with E-state index in [1.807, 2.05) is 0 Å². The van der Waals surface area contributed by atoms with Crippen LogP contribution in [0.2, 0.25) is 0 Å². The van der Waals surface area contributed by atoms with Crippen LogP contribution in [-0.4, -0.2) is 115 Å². The molecule has 0 unspecified atom stereocenters. The SMILES string of the molecule is OC[C@@H]1O[C@H](O[C@@]2(CO)O[C@H](CO)[C@@H](O)[C@@H]2O)[C@@H](O)[C@H](O)[C@H]1O. The number of aliphatic hydroxyl groups is 8. The maximum atomic E-state index is 10.00. The molecule has 0 aliphatic carbocycles. The normalized spacial score (nSPS) is 51.1. The van der Waals surface area contributed by atoms with Gasteiger partial charge < -0.3 is 55.1 Å². The number of hydrogen-bond donors (Lipinski definition) is 8. The minimum absolute atomic E-state index is 0.669. The number of hydrogen-bond acceptors (Lipinski definition) is 11. The van der Waals surface area contributed by atoms with E-state index in [-0.39, 0.29) is 0 Å². The molecule has 0 aromatic heterocycles. The minimum Gasteiger partial charge on any atom is -0.394 e. The topological polar surface area (TPSA) is 190 Å². The quantitative estimate of drug-likeness (QED) is 0.238. The van der Waals surface area contributed by atoms with Crippen molar-refractivity contribution in [3.63, 3.8) is 0 Å². The van der Waals surface area contributed by atoms with Crippen LogP contribution in [0.3, 0.4) is 0 Å². The molecule has 0 radical (unpaired) electrons. The van der Waals surface area contributed by atoms with Crippen LogP contribution in [-0.2, 0) is 14.2 Å². The van der Waals surface area contributed by atoms with Gasteiger partial charge in [0, 0.05) is 0 Å². The van der Waals surface area contributed by atoms with Gasteiger partial charge in [-0.25, -0.2) is 0 Å². The fraction of sp³-hybridized carbons (Fsp3) is 1.00. The van der Waals surface area contributed by atoms with Gasteiger partial charge in [-0.3, -0.25) is 0 Å². The van der Waals surface area contributed by atoms with Crippen LogP contribution < -0.4 is 0 Å². The van der Waals surface area contributed by atoms with Gasteiger partial charge in [-0.2, -0.15) is 0 Å². The molecule has 2 fully saturated rings. The molecule has 2 aliphatic heterocycles. The molecule has 0 bridgehead atoms. The molecule has 0 amide bonds.